The minimum atomic E-state index is -0.264. The first-order valence-electron chi connectivity index (χ1n) is 6.70. The average molecular weight is 271 g/mol. The number of hydrogen-bond donors (Lipinski definition) is 1. The van der Waals surface area contributed by atoms with Gasteiger partial charge in [-0.05, 0) is 36.6 Å². The van der Waals surface area contributed by atoms with E-state index in [0.29, 0.717) is 13.0 Å². The standard InChI is InChI=1S/C17H18FNO/c1-13-2-4-14(5-3-13)8-11-17(20)19-12-15-6-9-16(18)10-7-15/h2-7,9-10H,8,11-12H2,1H3,(H,19,20). The van der Waals surface area contributed by atoms with E-state index in [-0.39, 0.29) is 11.7 Å². The second-order valence-corrected chi connectivity index (χ2v) is 4.89. The third-order valence-corrected chi connectivity index (χ3v) is 3.16. The fourth-order valence-corrected chi connectivity index (χ4v) is 1.90. The maximum atomic E-state index is 12.7. The van der Waals surface area contributed by atoms with Gasteiger partial charge in [-0.15, -0.1) is 0 Å². The van der Waals surface area contributed by atoms with Crippen molar-refractivity contribution in [1.29, 1.82) is 0 Å². The second kappa shape index (κ2) is 6.85. The first-order valence-corrected chi connectivity index (χ1v) is 6.70. The van der Waals surface area contributed by atoms with Crippen LogP contribution in [0.15, 0.2) is 48.5 Å². The summed E-state index contributed by atoms with van der Waals surface area (Å²) >= 11 is 0. The van der Waals surface area contributed by atoms with E-state index in [4.69, 9.17) is 0 Å². The summed E-state index contributed by atoms with van der Waals surface area (Å²) in [4.78, 5) is 11.7. The lowest BCUT2D eigenvalue weighted by Gasteiger charge is -2.06. The molecule has 0 bridgehead atoms. The Kier molecular flexibility index (Phi) is 4.88. The predicted octanol–water partition coefficient (Wildman–Crippen LogP) is 3.38. The minimum absolute atomic E-state index is 0.00917. The van der Waals surface area contributed by atoms with Crippen molar-refractivity contribution in [3.05, 3.63) is 71.0 Å². The van der Waals surface area contributed by atoms with Gasteiger partial charge in [-0.1, -0.05) is 42.0 Å². The molecule has 0 atom stereocenters. The Morgan fingerprint density at radius 3 is 2.25 bits per heavy atom. The van der Waals surface area contributed by atoms with E-state index in [1.807, 2.05) is 31.2 Å². The van der Waals surface area contributed by atoms with E-state index in [2.05, 4.69) is 5.32 Å². The van der Waals surface area contributed by atoms with E-state index in [0.717, 1.165) is 17.5 Å². The molecule has 2 nitrogen and oxygen atoms in total. The molecule has 0 saturated carbocycles. The van der Waals surface area contributed by atoms with Crippen LogP contribution in [0.3, 0.4) is 0 Å². The third-order valence-electron chi connectivity index (χ3n) is 3.16. The van der Waals surface area contributed by atoms with Gasteiger partial charge in [0, 0.05) is 13.0 Å². The molecule has 2 rings (SSSR count). The Balaban J connectivity index is 1.75. The zero-order valence-corrected chi connectivity index (χ0v) is 11.5. The van der Waals surface area contributed by atoms with E-state index >= 15 is 0 Å². The Bertz CT molecular complexity index is 509. The normalized spacial score (nSPS) is 10.3. The fraction of sp³-hybridized carbons (Fsp3) is 0.235. The fourth-order valence-electron chi connectivity index (χ4n) is 1.90. The quantitative estimate of drug-likeness (QED) is 0.887. The number of benzene rings is 2. The van der Waals surface area contributed by atoms with Crippen LogP contribution in [-0.4, -0.2) is 5.91 Å². The van der Waals surface area contributed by atoms with Crippen LogP contribution in [0.5, 0.6) is 0 Å². The van der Waals surface area contributed by atoms with Gasteiger partial charge in [-0.3, -0.25) is 4.79 Å². The number of halogens is 1. The predicted molar refractivity (Wildman–Crippen MR) is 77.7 cm³/mol. The summed E-state index contributed by atoms with van der Waals surface area (Å²) < 4.78 is 12.7. The molecule has 0 radical (unpaired) electrons. The molecule has 1 N–H and O–H groups in total. The molecule has 1 amide bonds. The van der Waals surface area contributed by atoms with Gasteiger partial charge >= 0.3 is 0 Å². The van der Waals surface area contributed by atoms with Gasteiger partial charge < -0.3 is 5.32 Å². The van der Waals surface area contributed by atoms with Crippen molar-refractivity contribution < 1.29 is 9.18 Å². The first kappa shape index (κ1) is 14.3. The highest BCUT2D eigenvalue weighted by atomic mass is 19.1. The number of aryl methyl sites for hydroxylation is 2. The SMILES string of the molecule is Cc1ccc(CCC(=O)NCc2ccc(F)cc2)cc1. The number of nitrogens with one attached hydrogen (secondary N) is 1. The zero-order valence-electron chi connectivity index (χ0n) is 11.5. The molecule has 3 heteroatoms. The van der Waals surface area contributed by atoms with E-state index in [1.54, 1.807) is 12.1 Å². The molecule has 0 aliphatic rings. The van der Waals surface area contributed by atoms with Crippen molar-refractivity contribution in [3.63, 3.8) is 0 Å². The number of carbonyl (C=O) groups excluding carboxylic acids is 1. The third kappa shape index (κ3) is 4.50. The monoisotopic (exact) mass is 271 g/mol. The summed E-state index contributed by atoms with van der Waals surface area (Å²) in [6, 6.07) is 14.3. The lowest BCUT2D eigenvalue weighted by molar-refractivity contribution is -0.121. The van der Waals surface area contributed by atoms with Crippen LogP contribution in [0.2, 0.25) is 0 Å². The largest absolute Gasteiger partial charge is 0.352 e. The molecule has 0 spiro atoms. The molecule has 0 heterocycles. The highest BCUT2D eigenvalue weighted by Gasteiger charge is 2.02. The van der Waals surface area contributed by atoms with Crippen molar-refractivity contribution in [2.75, 3.05) is 0 Å². The van der Waals surface area contributed by atoms with Crippen molar-refractivity contribution in [3.8, 4) is 0 Å². The van der Waals surface area contributed by atoms with Crippen LogP contribution in [0.25, 0.3) is 0 Å². The summed E-state index contributed by atoms with van der Waals surface area (Å²) in [5.74, 6) is -0.255. The van der Waals surface area contributed by atoms with Crippen molar-refractivity contribution >= 4 is 5.91 Å². The molecule has 0 fully saturated rings. The molecule has 0 aliphatic carbocycles. The Morgan fingerprint density at radius 1 is 1.00 bits per heavy atom. The molecular weight excluding hydrogens is 253 g/mol. The van der Waals surface area contributed by atoms with Gasteiger partial charge in [0.1, 0.15) is 5.82 Å². The topological polar surface area (TPSA) is 29.1 Å². The Morgan fingerprint density at radius 2 is 1.60 bits per heavy atom. The van der Waals surface area contributed by atoms with E-state index in [9.17, 15) is 9.18 Å². The summed E-state index contributed by atoms with van der Waals surface area (Å²) in [6.45, 7) is 2.48. The molecule has 0 aromatic heterocycles. The maximum Gasteiger partial charge on any atom is 0.220 e. The van der Waals surface area contributed by atoms with Crippen LogP contribution < -0.4 is 5.32 Å². The van der Waals surface area contributed by atoms with Gasteiger partial charge in [0.05, 0.1) is 0 Å². The van der Waals surface area contributed by atoms with Crippen molar-refractivity contribution in [1.82, 2.24) is 5.32 Å². The lowest BCUT2D eigenvalue weighted by Crippen LogP contribution is -2.22. The number of amides is 1. The van der Waals surface area contributed by atoms with Gasteiger partial charge in [-0.2, -0.15) is 0 Å². The zero-order chi connectivity index (χ0) is 14.4. The van der Waals surface area contributed by atoms with E-state index in [1.165, 1.54) is 17.7 Å². The van der Waals surface area contributed by atoms with Crippen molar-refractivity contribution in [2.45, 2.75) is 26.3 Å². The summed E-state index contributed by atoms with van der Waals surface area (Å²) in [5, 5.41) is 2.84. The molecule has 2 aromatic rings. The second-order valence-electron chi connectivity index (χ2n) is 4.89. The molecule has 0 saturated heterocycles. The van der Waals surface area contributed by atoms with Gasteiger partial charge in [0.25, 0.3) is 0 Å². The van der Waals surface area contributed by atoms with Crippen LogP contribution in [0.1, 0.15) is 23.1 Å². The van der Waals surface area contributed by atoms with Crippen LogP contribution in [0, 0.1) is 12.7 Å². The number of hydrogen-bond acceptors (Lipinski definition) is 1. The maximum absolute atomic E-state index is 12.7. The number of carbonyl (C=O) groups is 1. The average Bonchev–Trinajstić information content (AvgIpc) is 2.46. The molecular formula is C17H18FNO. The van der Waals surface area contributed by atoms with Crippen molar-refractivity contribution in [2.24, 2.45) is 0 Å². The molecule has 20 heavy (non-hydrogen) atoms. The molecule has 0 aliphatic heterocycles. The Labute approximate surface area is 118 Å². The number of rotatable bonds is 5. The van der Waals surface area contributed by atoms with Gasteiger partial charge in [0.2, 0.25) is 5.91 Å². The minimum Gasteiger partial charge on any atom is -0.352 e. The van der Waals surface area contributed by atoms with E-state index < -0.39 is 0 Å². The van der Waals surface area contributed by atoms with Gasteiger partial charge in [-0.25, -0.2) is 4.39 Å². The Hall–Kier alpha value is -2.16. The molecule has 104 valence electrons. The van der Waals surface area contributed by atoms with Crippen LogP contribution in [-0.2, 0) is 17.8 Å². The highest BCUT2D eigenvalue weighted by molar-refractivity contribution is 5.76. The molecule has 0 unspecified atom stereocenters. The highest BCUT2D eigenvalue weighted by Crippen LogP contribution is 2.06. The summed E-state index contributed by atoms with van der Waals surface area (Å²) in [5.41, 5.74) is 3.28. The van der Waals surface area contributed by atoms with Crippen LogP contribution in [0.4, 0.5) is 4.39 Å². The lowest BCUT2D eigenvalue weighted by atomic mass is 10.1. The smallest absolute Gasteiger partial charge is 0.220 e. The molecule has 2 aromatic carbocycles. The summed E-state index contributed by atoms with van der Waals surface area (Å²) in [7, 11) is 0. The summed E-state index contributed by atoms with van der Waals surface area (Å²) in [6.07, 6.45) is 1.19. The first-order chi connectivity index (χ1) is 9.63. The van der Waals surface area contributed by atoms with Gasteiger partial charge in [0.15, 0.2) is 0 Å². The van der Waals surface area contributed by atoms with Crippen LogP contribution >= 0.6 is 0 Å².